The summed E-state index contributed by atoms with van der Waals surface area (Å²) in [5.41, 5.74) is 1.73. The van der Waals surface area contributed by atoms with Gasteiger partial charge < -0.3 is 4.74 Å². The zero-order valence-corrected chi connectivity index (χ0v) is 12.7. The van der Waals surface area contributed by atoms with E-state index in [0.29, 0.717) is 5.88 Å². The zero-order valence-electron chi connectivity index (χ0n) is 10.5. The highest BCUT2D eigenvalue weighted by Crippen LogP contribution is 2.31. The van der Waals surface area contributed by atoms with Gasteiger partial charge in [-0.1, -0.05) is 18.2 Å². The van der Waals surface area contributed by atoms with Crippen molar-refractivity contribution < 1.29 is 4.74 Å². The van der Waals surface area contributed by atoms with E-state index in [1.807, 2.05) is 54.6 Å². The van der Waals surface area contributed by atoms with Crippen molar-refractivity contribution in [1.29, 1.82) is 0 Å². The predicted molar refractivity (Wildman–Crippen MR) is 86.7 cm³/mol. The average molecular weight is 374 g/mol. The minimum Gasteiger partial charge on any atom is -0.437 e. The number of halogens is 1. The summed E-state index contributed by atoms with van der Waals surface area (Å²) in [5.74, 6) is 1.36. The molecule has 0 saturated heterocycles. The maximum Gasteiger partial charge on any atom is 0.228 e. The first kappa shape index (κ1) is 13.1. The van der Waals surface area contributed by atoms with Crippen molar-refractivity contribution in [1.82, 2.24) is 9.97 Å². The molecule has 2 aromatic heterocycles. The largest absolute Gasteiger partial charge is 0.437 e. The van der Waals surface area contributed by atoms with Crippen LogP contribution in [0.1, 0.15) is 0 Å². The van der Waals surface area contributed by atoms with Gasteiger partial charge in [-0.15, -0.1) is 0 Å². The molecule has 0 atom stereocenters. The number of nitrogens with zero attached hydrogens (tertiary/aromatic N) is 2. The number of aromatic nitrogens is 2. The van der Waals surface area contributed by atoms with Crippen LogP contribution in [0.25, 0.3) is 11.3 Å². The van der Waals surface area contributed by atoms with E-state index in [1.165, 1.54) is 0 Å². The molecule has 1 aromatic carbocycles. The molecule has 0 N–H and O–H groups in total. The molecule has 0 bridgehead atoms. The van der Waals surface area contributed by atoms with Crippen molar-refractivity contribution in [2.75, 3.05) is 0 Å². The molecule has 0 fully saturated rings. The van der Waals surface area contributed by atoms with Crippen LogP contribution in [0, 0.1) is 3.57 Å². The van der Waals surface area contributed by atoms with Gasteiger partial charge in [0, 0.05) is 12.4 Å². The van der Waals surface area contributed by atoms with Gasteiger partial charge in [0.1, 0.15) is 5.75 Å². The lowest BCUT2D eigenvalue weighted by Gasteiger charge is -2.10. The van der Waals surface area contributed by atoms with Crippen LogP contribution >= 0.6 is 22.6 Å². The van der Waals surface area contributed by atoms with Gasteiger partial charge in [-0.05, 0) is 59.0 Å². The van der Waals surface area contributed by atoms with Crippen LogP contribution in [0.2, 0.25) is 0 Å². The third-order valence-corrected chi connectivity index (χ3v) is 3.65. The van der Waals surface area contributed by atoms with E-state index in [-0.39, 0.29) is 0 Å². The topological polar surface area (TPSA) is 35.0 Å². The number of hydrogen-bond donors (Lipinski definition) is 0. The Labute approximate surface area is 130 Å². The lowest BCUT2D eigenvalue weighted by molar-refractivity contribution is 0.461. The second kappa shape index (κ2) is 6.00. The minimum absolute atomic E-state index is 0.565. The molecule has 3 rings (SSSR count). The van der Waals surface area contributed by atoms with Crippen LogP contribution in [0.5, 0.6) is 11.6 Å². The van der Waals surface area contributed by atoms with Gasteiger partial charge in [0.25, 0.3) is 0 Å². The van der Waals surface area contributed by atoms with Gasteiger partial charge in [-0.25, -0.2) is 4.98 Å². The molecule has 98 valence electrons. The fourth-order valence-electron chi connectivity index (χ4n) is 1.82. The van der Waals surface area contributed by atoms with E-state index in [9.17, 15) is 0 Å². The second-order valence-electron chi connectivity index (χ2n) is 4.10. The van der Waals surface area contributed by atoms with Crippen molar-refractivity contribution in [3.8, 4) is 22.9 Å². The predicted octanol–water partition coefficient (Wildman–Crippen LogP) is 4.54. The maximum atomic E-state index is 5.94. The summed E-state index contributed by atoms with van der Waals surface area (Å²) in [6.45, 7) is 0. The first-order valence-corrected chi connectivity index (χ1v) is 7.21. The Kier molecular flexibility index (Phi) is 3.92. The van der Waals surface area contributed by atoms with E-state index in [4.69, 9.17) is 4.74 Å². The van der Waals surface area contributed by atoms with Crippen molar-refractivity contribution in [3.63, 3.8) is 0 Å². The number of para-hydroxylation sites is 1. The van der Waals surface area contributed by atoms with E-state index >= 15 is 0 Å². The first-order valence-electron chi connectivity index (χ1n) is 6.13. The van der Waals surface area contributed by atoms with Gasteiger partial charge in [-0.3, -0.25) is 4.98 Å². The Balaban J connectivity index is 2.01. The van der Waals surface area contributed by atoms with E-state index < -0.39 is 0 Å². The first-order chi connectivity index (χ1) is 9.84. The third-order valence-electron chi connectivity index (χ3n) is 2.76. The van der Waals surface area contributed by atoms with Gasteiger partial charge in [0.2, 0.25) is 5.88 Å². The molecule has 0 aliphatic rings. The fraction of sp³-hybridized carbons (Fsp3) is 0. The highest BCUT2D eigenvalue weighted by Gasteiger charge is 2.10. The molecule has 0 spiro atoms. The lowest BCUT2D eigenvalue weighted by atomic mass is 10.2. The quantitative estimate of drug-likeness (QED) is 0.632. The van der Waals surface area contributed by atoms with Gasteiger partial charge >= 0.3 is 0 Å². The molecule has 0 aliphatic heterocycles. The molecular formula is C16H11IN2O. The third kappa shape index (κ3) is 2.80. The molecule has 0 saturated carbocycles. The molecule has 3 aromatic rings. The smallest absolute Gasteiger partial charge is 0.228 e. The summed E-state index contributed by atoms with van der Waals surface area (Å²) < 4.78 is 6.98. The van der Waals surface area contributed by atoms with Crippen LogP contribution in [0.3, 0.4) is 0 Å². The molecule has 0 radical (unpaired) electrons. The number of hydrogen-bond acceptors (Lipinski definition) is 3. The molecule has 0 aliphatic carbocycles. The summed E-state index contributed by atoms with van der Waals surface area (Å²) >= 11 is 2.25. The monoisotopic (exact) mass is 374 g/mol. The molecular weight excluding hydrogens is 363 g/mol. The SMILES string of the molecule is Ic1ccccc1Oc1ncccc1-c1ccccn1. The van der Waals surface area contributed by atoms with Crippen molar-refractivity contribution in [2.45, 2.75) is 0 Å². The van der Waals surface area contributed by atoms with Crippen LogP contribution in [0.15, 0.2) is 67.0 Å². The van der Waals surface area contributed by atoms with Gasteiger partial charge in [-0.2, -0.15) is 0 Å². The summed E-state index contributed by atoms with van der Waals surface area (Å²) in [7, 11) is 0. The van der Waals surface area contributed by atoms with Crippen LogP contribution < -0.4 is 4.74 Å². The molecule has 3 nitrogen and oxygen atoms in total. The highest BCUT2D eigenvalue weighted by molar-refractivity contribution is 14.1. The molecule has 0 unspecified atom stereocenters. The maximum absolute atomic E-state index is 5.94. The van der Waals surface area contributed by atoms with Crippen molar-refractivity contribution >= 4 is 22.6 Å². The second-order valence-corrected chi connectivity index (χ2v) is 5.27. The van der Waals surface area contributed by atoms with E-state index in [0.717, 1.165) is 20.6 Å². The van der Waals surface area contributed by atoms with E-state index in [1.54, 1.807) is 12.4 Å². The van der Waals surface area contributed by atoms with Crippen LogP contribution in [0.4, 0.5) is 0 Å². The van der Waals surface area contributed by atoms with Crippen molar-refractivity contribution in [3.05, 3.63) is 70.6 Å². The summed E-state index contributed by atoms with van der Waals surface area (Å²) in [4.78, 5) is 8.68. The zero-order chi connectivity index (χ0) is 13.8. The number of ether oxygens (including phenoxy) is 1. The normalized spacial score (nSPS) is 10.2. The Morgan fingerprint density at radius 3 is 2.40 bits per heavy atom. The summed E-state index contributed by atoms with van der Waals surface area (Å²) in [6, 6.07) is 17.5. The highest BCUT2D eigenvalue weighted by atomic mass is 127. The van der Waals surface area contributed by atoms with Crippen LogP contribution in [-0.4, -0.2) is 9.97 Å². The fourth-order valence-corrected chi connectivity index (χ4v) is 2.32. The number of pyridine rings is 2. The Morgan fingerprint density at radius 1 is 0.800 bits per heavy atom. The molecule has 4 heteroatoms. The molecule has 20 heavy (non-hydrogen) atoms. The Hall–Kier alpha value is -1.95. The summed E-state index contributed by atoms with van der Waals surface area (Å²) in [5, 5.41) is 0. The van der Waals surface area contributed by atoms with Crippen molar-refractivity contribution in [2.24, 2.45) is 0 Å². The van der Waals surface area contributed by atoms with Gasteiger partial charge in [0.05, 0.1) is 14.8 Å². The minimum atomic E-state index is 0.565. The number of benzene rings is 1. The Morgan fingerprint density at radius 2 is 1.60 bits per heavy atom. The van der Waals surface area contributed by atoms with E-state index in [2.05, 4.69) is 32.6 Å². The molecule has 0 amide bonds. The average Bonchev–Trinajstić information content (AvgIpc) is 2.51. The summed E-state index contributed by atoms with van der Waals surface area (Å²) in [6.07, 6.45) is 3.48. The number of rotatable bonds is 3. The Bertz CT molecular complexity index is 716. The standard InChI is InChI=1S/C16H11IN2O/c17-13-7-1-2-9-15(13)20-16-12(6-5-11-19-16)14-8-3-4-10-18-14/h1-11H. The molecule has 2 heterocycles. The lowest BCUT2D eigenvalue weighted by Crippen LogP contribution is -1.93. The van der Waals surface area contributed by atoms with Crippen LogP contribution in [-0.2, 0) is 0 Å². The van der Waals surface area contributed by atoms with Gasteiger partial charge in [0.15, 0.2) is 0 Å².